The Hall–Kier alpha value is -1.84. The molecule has 20 heavy (non-hydrogen) atoms. The normalized spacial score (nSPS) is 12.6. The van der Waals surface area contributed by atoms with Crippen molar-refractivity contribution in [2.75, 3.05) is 0 Å². The standard InChI is InChI=1S/C16H23NO3/c1-13(10-11-18)17(15(19)20-16(2,3)4)12-14-8-6-5-7-9-14/h5-9,11,13H,10,12H2,1-4H3/t13-/m1/s1. The van der Waals surface area contributed by atoms with Gasteiger partial charge in [0.15, 0.2) is 0 Å². The summed E-state index contributed by atoms with van der Waals surface area (Å²) in [4.78, 5) is 24.6. The first-order valence-corrected chi connectivity index (χ1v) is 6.80. The molecule has 0 aromatic heterocycles. The Morgan fingerprint density at radius 3 is 2.40 bits per heavy atom. The van der Waals surface area contributed by atoms with Crippen molar-refractivity contribution >= 4 is 12.4 Å². The van der Waals surface area contributed by atoms with Gasteiger partial charge in [-0.1, -0.05) is 30.3 Å². The summed E-state index contributed by atoms with van der Waals surface area (Å²) < 4.78 is 5.41. The fraction of sp³-hybridized carbons (Fsp3) is 0.500. The maximum Gasteiger partial charge on any atom is 0.410 e. The highest BCUT2D eigenvalue weighted by Gasteiger charge is 2.25. The molecule has 0 heterocycles. The molecule has 1 atom stereocenters. The number of rotatable bonds is 5. The molecular formula is C16H23NO3. The third-order valence-electron chi connectivity index (χ3n) is 2.79. The second kappa shape index (κ2) is 7.08. The van der Waals surface area contributed by atoms with Gasteiger partial charge in [0.25, 0.3) is 0 Å². The molecule has 4 nitrogen and oxygen atoms in total. The molecule has 0 saturated carbocycles. The van der Waals surface area contributed by atoms with Crippen molar-refractivity contribution in [2.45, 2.75) is 52.3 Å². The Bertz CT molecular complexity index is 437. The van der Waals surface area contributed by atoms with Crippen LogP contribution in [-0.4, -0.2) is 28.9 Å². The van der Waals surface area contributed by atoms with Crippen molar-refractivity contribution in [1.29, 1.82) is 0 Å². The van der Waals surface area contributed by atoms with Crippen molar-refractivity contribution in [3.05, 3.63) is 35.9 Å². The lowest BCUT2D eigenvalue weighted by Crippen LogP contribution is -2.41. The van der Waals surface area contributed by atoms with Crippen LogP contribution in [0, 0.1) is 0 Å². The smallest absolute Gasteiger partial charge is 0.410 e. The fourth-order valence-electron chi connectivity index (χ4n) is 1.77. The van der Waals surface area contributed by atoms with E-state index in [2.05, 4.69) is 0 Å². The SMILES string of the molecule is C[C@H](CC=O)N(Cc1ccccc1)C(=O)OC(C)(C)C. The van der Waals surface area contributed by atoms with Crippen LogP contribution in [0.2, 0.25) is 0 Å². The van der Waals surface area contributed by atoms with Crippen LogP contribution in [0.1, 0.15) is 39.7 Å². The highest BCUT2D eigenvalue weighted by Crippen LogP contribution is 2.16. The first kappa shape index (κ1) is 16.2. The van der Waals surface area contributed by atoms with Gasteiger partial charge in [0, 0.05) is 19.0 Å². The van der Waals surface area contributed by atoms with Crippen molar-refractivity contribution in [3.63, 3.8) is 0 Å². The van der Waals surface area contributed by atoms with Gasteiger partial charge in [0.2, 0.25) is 0 Å². The fourth-order valence-corrected chi connectivity index (χ4v) is 1.77. The molecule has 1 aromatic rings. The maximum absolute atomic E-state index is 12.3. The molecule has 0 aliphatic rings. The van der Waals surface area contributed by atoms with E-state index < -0.39 is 11.7 Å². The first-order valence-electron chi connectivity index (χ1n) is 6.80. The van der Waals surface area contributed by atoms with Crippen LogP contribution in [0.25, 0.3) is 0 Å². The summed E-state index contributed by atoms with van der Waals surface area (Å²) in [6.07, 6.45) is 0.731. The van der Waals surface area contributed by atoms with Gasteiger partial charge < -0.3 is 14.4 Å². The highest BCUT2D eigenvalue weighted by molar-refractivity contribution is 5.69. The van der Waals surface area contributed by atoms with Gasteiger partial charge in [-0.05, 0) is 33.3 Å². The van der Waals surface area contributed by atoms with E-state index in [1.165, 1.54) is 0 Å². The van der Waals surface area contributed by atoms with Crippen LogP contribution in [-0.2, 0) is 16.1 Å². The second-order valence-corrected chi connectivity index (χ2v) is 5.85. The molecule has 0 aliphatic heterocycles. The minimum Gasteiger partial charge on any atom is -0.444 e. The number of nitrogens with zero attached hydrogens (tertiary/aromatic N) is 1. The van der Waals surface area contributed by atoms with Gasteiger partial charge in [-0.3, -0.25) is 0 Å². The van der Waals surface area contributed by atoms with Gasteiger partial charge >= 0.3 is 6.09 Å². The molecule has 0 aliphatic carbocycles. The van der Waals surface area contributed by atoms with Gasteiger partial charge in [0.1, 0.15) is 11.9 Å². The van der Waals surface area contributed by atoms with E-state index in [4.69, 9.17) is 4.74 Å². The molecular weight excluding hydrogens is 254 g/mol. The lowest BCUT2D eigenvalue weighted by molar-refractivity contribution is -0.108. The van der Waals surface area contributed by atoms with Crippen molar-refractivity contribution in [2.24, 2.45) is 0 Å². The summed E-state index contributed by atoms with van der Waals surface area (Å²) in [5.74, 6) is 0. The van der Waals surface area contributed by atoms with Gasteiger partial charge in [0.05, 0.1) is 0 Å². The number of benzene rings is 1. The molecule has 4 heteroatoms. The first-order chi connectivity index (χ1) is 9.33. The Morgan fingerprint density at radius 1 is 1.30 bits per heavy atom. The maximum atomic E-state index is 12.3. The molecule has 0 N–H and O–H groups in total. The highest BCUT2D eigenvalue weighted by atomic mass is 16.6. The lowest BCUT2D eigenvalue weighted by atomic mass is 10.1. The monoisotopic (exact) mass is 277 g/mol. The molecule has 1 aromatic carbocycles. The van der Waals surface area contributed by atoms with E-state index in [0.29, 0.717) is 13.0 Å². The van der Waals surface area contributed by atoms with E-state index in [1.807, 2.05) is 58.0 Å². The molecule has 0 bridgehead atoms. The zero-order valence-corrected chi connectivity index (χ0v) is 12.6. The number of aldehydes is 1. The molecule has 0 fully saturated rings. The third-order valence-corrected chi connectivity index (χ3v) is 2.79. The van der Waals surface area contributed by atoms with Gasteiger partial charge in [-0.25, -0.2) is 4.79 Å². The van der Waals surface area contributed by atoms with E-state index in [-0.39, 0.29) is 6.04 Å². The molecule has 0 unspecified atom stereocenters. The van der Waals surface area contributed by atoms with Crippen molar-refractivity contribution in [3.8, 4) is 0 Å². The molecule has 1 rings (SSSR count). The molecule has 0 radical (unpaired) electrons. The number of ether oxygens (including phenoxy) is 1. The summed E-state index contributed by atoms with van der Waals surface area (Å²) in [5, 5.41) is 0. The summed E-state index contributed by atoms with van der Waals surface area (Å²) in [6.45, 7) is 7.77. The van der Waals surface area contributed by atoms with E-state index in [1.54, 1.807) is 4.90 Å². The summed E-state index contributed by atoms with van der Waals surface area (Å²) in [7, 11) is 0. The predicted molar refractivity (Wildman–Crippen MR) is 78.4 cm³/mol. The average Bonchev–Trinajstić information content (AvgIpc) is 2.35. The Balaban J connectivity index is 2.85. The van der Waals surface area contributed by atoms with Crippen LogP contribution in [0.5, 0.6) is 0 Å². The molecule has 110 valence electrons. The van der Waals surface area contributed by atoms with E-state index in [0.717, 1.165) is 11.8 Å². The topological polar surface area (TPSA) is 46.6 Å². The quantitative estimate of drug-likeness (QED) is 0.775. The van der Waals surface area contributed by atoms with E-state index >= 15 is 0 Å². The Morgan fingerprint density at radius 2 is 1.90 bits per heavy atom. The molecule has 0 saturated heterocycles. The number of hydrogen-bond donors (Lipinski definition) is 0. The second-order valence-electron chi connectivity index (χ2n) is 5.85. The third kappa shape index (κ3) is 5.43. The number of carbonyl (C=O) groups excluding carboxylic acids is 2. The van der Waals surface area contributed by atoms with E-state index in [9.17, 15) is 9.59 Å². The van der Waals surface area contributed by atoms with Crippen LogP contribution < -0.4 is 0 Å². The predicted octanol–water partition coefficient (Wildman–Crippen LogP) is 3.40. The number of hydrogen-bond acceptors (Lipinski definition) is 3. The molecule has 0 spiro atoms. The van der Waals surface area contributed by atoms with Crippen molar-refractivity contribution in [1.82, 2.24) is 4.90 Å². The Kier molecular flexibility index (Phi) is 5.74. The summed E-state index contributed by atoms with van der Waals surface area (Å²) in [6, 6.07) is 9.48. The van der Waals surface area contributed by atoms with Gasteiger partial charge in [-0.2, -0.15) is 0 Å². The summed E-state index contributed by atoms with van der Waals surface area (Å²) in [5.41, 5.74) is 0.462. The zero-order valence-electron chi connectivity index (χ0n) is 12.6. The largest absolute Gasteiger partial charge is 0.444 e. The van der Waals surface area contributed by atoms with Crippen molar-refractivity contribution < 1.29 is 14.3 Å². The number of carbonyl (C=O) groups is 2. The number of amides is 1. The lowest BCUT2D eigenvalue weighted by Gasteiger charge is -2.31. The van der Waals surface area contributed by atoms with Crippen LogP contribution in [0.15, 0.2) is 30.3 Å². The van der Waals surface area contributed by atoms with Crippen LogP contribution in [0.3, 0.4) is 0 Å². The van der Waals surface area contributed by atoms with Gasteiger partial charge in [-0.15, -0.1) is 0 Å². The minimum atomic E-state index is -0.549. The summed E-state index contributed by atoms with van der Waals surface area (Å²) >= 11 is 0. The zero-order chi connectivity index (χ0) is 15.2. The van der Waals surface area contributed by atoms with Crippen LogP contribution >= 0.6 is 0 Å². The molecule has 1 amide bonds. The van der Waals surface area contributed by atoms with Crippen LogP contribution in [0.4, 0.5) is 4.79 Å². The Labute approximate surface area is 120 Å². The minimum absolute atomic E-state index is 0.192. The average molecular weight is 277 g/mol.